The van der Waals surface area contributed by atoms with E-state index < -0.39 is 32.9 Å². The molecule has 0 bridgehead atoms. The van der Waals surface area contributed by atoms with Crippen LogP contribution in [0.15, 0.2) is 0 Å². The van der Waals surface area contributed by atoms with Gasteiger partial charge >= 0.3 is 26.8 Å². The van der Waals surface area contributed by atoms with Gasteiger partial charge in [-0.1, -0.05) is 70.6 Å². The number of hydrogen-bond acceptors (Lipinski definition) is 7. The second kappa shape index (κ2) is 15.1. The van der Waals surface area contributed by atoms with Gasteiger partial charge < -0.3 is 5.11 Å². The molecule has 0 saturated carbocycles. The van der Waals surface area contributed by atoms with Crippen molar-refractivity contribution in [3.8, 4) is 0 Å². The number of rotatable bonds is 19. The maximum atomic E-state index is 10.8. The maximum absolute atomic E-state index is 10.8. The highest BCUT2D eigenvalue weighted by Crippen LogP contribution is 2.14. The topological polar surface area (TPSA) is 164 Å². The van der Waals surface area contributed by atoms with Crippen molar-refractivity contribution in [2.24, 2.45) is 0 Å². The Labute approximate surface area is 167 Å². The quantitative estimate of drug-likeness (QED) is 0.197. The fourth-order valence-corrected chi connectivity index (χ4v) is 3.52. The molecule has 0 aromatic heterocycles. The zero-order chi connectivity index (χ0) is 21.5. The van der Waals surface area contributed by atoms with Crippen LogP contribution in [0.5, 0.6) is 0 Å². The van der Waals surface area contributed by atoms with E-state index in [-0.39, 0.29) is 13.0 Å². The van der Waals surface area contributed by atoms with Crippen molar-refractivity contribution in [2.75, 3.05) is 6.61 Å². The van der Waals surface area contributed by atoms with Crippen LogP contribution in [0, 0.1) is 0 Å². The summed E-state index contributed by atoms with van der Waals surface area (Å²) in [6.45, 7) is 0.00792. The molecule has 0 aliphatic rings. The molecule has 0 aromatic rings. The first-order valence-electron chi connectivity index (χ1n) is 9.51. The number of aliphatic carboxylic acids is 1. The Morgan fingerprint density at radius 1 is 0.679 bits per heavy atom. The summed E-state index contributed by atoms with van der Waals surface area (Å²) in [4.78, 5) is 10.8. The Hall–Kier alpha value is -0.790. The predicted molar refractivity (Wildman–Crippen MR) is 102 cm³/mol. The van der Waals surface area contributed by atoms with Crippen LogP contribution >= 0.6 is 0 Å². The van der Waals surface area contributed by atoms with Crippen molar-refractivity contribution in [1.29, 1.82) is 0 Å². The molecule has 0 fully saturated rings. The van der Waals surface area contributed by atoms with Crippen LogP contribution in [0.3, 0.4) is 0 Å². The molecular formula is C16H32O10S2. The Kier molecular flexibility index (Phi) is 14.7. The summed E-state index contributed by atoms with van der Waals surface area (Å²) in [5.74, 6) is -1.41. The van der Waals surface area contributed by atoms with Crippen LogP contribution in [0.25, 0.3) is 0 Å². The van der Waals surface area contributed by atoms with Gasteiger partial charge in [0.1, 0.15) is 0 Å². The molecule has 12 heteroatoms. The van der Waals surface area contributed by atoms with E-state index in [1.807, 2.05) is 0 Å². The van der Waals surface area contributed by atoms with E-state index in [0.29, 0.717) is 12.8 Å². The van der Waals surface area contributed by atoms with Gasteiger partial charge in [-0.2, -0.15) is 16.8 Å². The summed E-state index contributed by atoms with van der Waals surface area (Å²) in [6.07, 6.45) is 9.61. The van der Waals surface area contributed by atoms with E-state index in [2.05, 4.69) is 8.37 Å². The van der Waals surface area contributed by atoms with Gasteiger partial charge in [-0.05, 0) is 12.8 Å². The van der Waals surface area contributed by atoms with Gasteiger partial charge in [-0.25, -0.2) is 13.2 Å². The van der Waals surface area contributed by atoms with E-state index in [0.717, 1.165) is 64.2 Å². The van der Waals surface area contributed by atoms with Gasteiger partial charge in [0.2, 0.25) is 0 Å². The second-order valence-electron chi connectivity index (χ2n) is 6.63. The molecule has 168 valence electrons. The molecule has 1 atom stereocenters. The minimum absolute atomic E-state index is 0.00792. The Balaban J connectivity index is 3.43. The standard InChI is InChI=1S/C16H32O10S2/c17-16(18)15(26-28(22,23)24)13-11-9-7-5-3-1-2-4-6-8-10-12-14-25-27(19,20)21/h15H,1-14H2,(H,17,18)(H,19,20,21)(H,22,23,24)/t15-/m1/s1. The molecule has 3 N–H and O–H groups in total. The average Bonchev–Trinajstić information content (AvgIpc) is 2.55. The van der Waals surface area contributed by atoms with Crippen LogP contribution in [0.1, 0.15) is 83.5 Å². The number of hydrogen-bond donors (Lipinski definition) is 3. The molecule has 0 unspecified atom stereocenters. The SMILES string of the molecule is O=C(O)[C@@H](CCCCCCCCCCCCCCOS(=O)(=O)O)OS(=O)(=O)O. The van der Waals surface area contributed by atoms with Gasteiger partial charge in [-0.3, -0.25) is 9.11 Å². The first-order valence-corrected chi connectivity index (χ1v) is 12.2. The lowest BCUT2D eigenvalue weighted by atomic mass is 10.0. The number of carboxylic acid groups (broad SMARTS) is 1. The molecule has 0 aliphatic carbocycles. The Morgan fingerprint density at radius 2 is 1.07 bits per heavy atom. The third-order valence-corrected chi connectivity index (χ3v) is 5.05. The van der Waals surface area contributed by atoms with Gasteiger partial charge in [0.25, 0.3) is 0 Å². The molecule has 0 amide bonds. The summed E-state index contributed by atoms with van der Waals surface area (Å²) in [7, 11) is -9.09. The Bertz CT molecular complexity index is 615. The van der Waals surface area contributed by atoms with Crippen molar-refractivity contribution in [2.45, 2.75) is 89.6 Å². The monoisotopic (exact) mass is 448 g/mol. The number of unbranched alkanes of at least 4 members (excludes halogenated alkanes) is 11. The zero-order valence-electron chi connectivity index (χ0n) is 16.0. The maximum Gasteiger partial charge on any atom is 0.398 e. The van der Waals surface area contributed by atoms with E-state index in [1.165, 1.54) is 0 Å². The summed E-state index contributed by atoms with van der Waals surface area (Å²) in [5.41, 5.74) is 0. The van der Waals surface area contributed by atoms with E-state index >= 15 is 0 Å². The van der Waals surface area contributed by atoms with Crippen LogP contribution in [0.2, 0.25) is 0 Å². The van der Waals surface area contributed by atoms with Crippen molar-refractivity contribution < 1.29 is 44.2 Å². The van der Waals surface area contributed by atoms with Crippen molar-refractivity contribution in [1.82, 2.24) is 0 Å². The minimum Gasteiger partial charge on any atom is -0.479 e. The van der Waals surface area contributed by atoms with Gasteiger partial charge in [0, 0.05) is 0 Å². The lowest BCUT2D eigenvalue weighted by Gasteiger charge is -2.10. The van der Waals surface area contributed by atoms with Crippen LogP contribution in [0.4, 0.5) is 0 Å². The van der Waals surface area contributed by atoms with Crippen LogP contribution in [-0.2, 0) is 34.0 Å². The third-order valence-electron chi connectivity index (χ3n) is 4.11. The number of carboxylic acids is 1. The first-order chi connectivity index (χ1) is 13.0. The molecule has 0 aromatic carbocycles. The van der Waals surface area contributed by atoms with E-state index in [1.54, 1.807) is 0 Å². The van der Waals surface area contributed by atoms with Gasteiger partial charge in [0.15, 0.2) is 6.10 Å². The largest absolute Gasteiger partial charge is 0.479 e. The molecule has 0 spiro atoms. The Morgan fingerprint density at radius 3 is 1.43 bits per heavy atom. The summed E-state index contributed by atoms with van der Waals surface area (Å²) >= 11 is 0. The molecule has 0 heterocycles. The summed E-state index contributed by atoms with van der Waals surface area (Å²) in [5, 5.41) is 8.83. The molecule has 0 saturated heterocycles. The third kappa shape index (κ3) is 20.0. The molecule has 28 heavy (non-hydrogen) atoms. The van der Waals surface area contributed by atoms with Crippen LogP contribution in [-0.4, -0.2) is 49.7 Å². The zero-order valence-corrected chi connectivity index (χ0v) is 17.6. The second-order valence-corrected chi connectivity index (χ2v) is 8.77. The molecule has 10 nitrogen and oxygen atoms in total. The van der Waals surface area contributed by atoms with Gasteiger partial charge in [0.05, 0.1) is 6.61 Å². The highest BCUT2D eigenvalue weighted by atomic mass is 32.3. The fourth-order valence-electron chi connectivity index (χ4n) is 2.72. The highest BCUT2D eigenvalue weighted by Gasteiger charge is 2.23. The van der Waals surface area contributed by atoms with Crippen LogP contribution < -0.4 is 0 Å². The predicted octanol–water partition coefficient (Wildman–Crippen LogP) is 3.15. The van der Waals surface area contributed by atoms with Crippen molar-refractivity contribution in [3.63, 3.8) is 0 Å². The molecule has 0 radical (unpaired) electrons. The van der Waals surface area contributed by atoms with Gasteiger partial charge in [-0.15, -0.1) is 0 Å². The van der Waals surface area contributed by atoms with Crippen molar-refractivity contribution in [3.05, 3.63) is 0 Å². The minimum atomic E-state index is -4.76. The number of carbonyl (C=O) groups is 1. The molecule has 0 aliphatic heterocycles. The lowest BCUT2D eigenvalue weighted by molar-refractivity contribution is -0.145. The lowest BCUT2D eigenvalue weighted by Crippen LogP contribution is -2.26. The summed E-state index contributed by atoms with van der Waals surface area (Å²) < 4.78 is 67.0. The molecule has 0 rings (SSSR count). The fraction of sp³-hybridized carbons (Fsp3) is 0.938. The normalized spacial score (nSPS) is 13.5. The molecular weight excluding hydrogens is 416 g/mol. The summed E-state index contributed by atoms with van der Waals surface area (Å²) in [6, 6.07) is 0. The van der Waals surface area contributed by atoms with Crippen molar-refractivity contribution >= 4 is 26.8 Å². The average molecular weight is 449 g/mol. The smallest absolute Gasteiger partial charge is 0.398 e. The first kappa shape index (κ1) is 27.2. The van der Waals surface area contributed by atoms with E-state index in [4.69, 9.17) is 14.2 Å². The van der Waals surface area contributed by atoms with E-state index in [9.17, 15) is 21.6 Å². The highest BCUT2D eigenvalue weighted by molar-refractivity contribution is 7.81.